The molecule has 0 radical (unpaired) electrons. The van der Waals surface area contributed by atoms with Crippen molar-refractivity contribution in [3.05, 3.63) is 22.1 Å². The van der Waals surface area contributed by atoms with Crippen LogP contribution in [0.4, 0.5) is 0 Å². The Morgan fingerprint density at radius 3 is 2.64 bits per heavy atom. The minimum absolute atomic E-state index is 0.230. The number of hydrogen-bond donors (Lipinski definition) is 1. The molecule has 0 unspecified atom stereocenters. The smallest absolute Gasteiger partial charge is 0.251 e. The predicted molar refractivity (Wildman–Crippen MR) is 49.9 cm³/mol. The number of rotatable bonds is 2. The van der Waals surface area contributed by atoms with Gasteiger partial charge in [0.25, 0.3) is 5.56 Å². The maximum absolute atomic E-state index is 11.1. The second-order valence-corrected chi connectivity index (χ2v) is 5.45. The molecule has 0 spiro atoms. The van der Waals surface area contributed by atoms with E-state index in [0.717, 1.165) is 19.1 Å². The van der Waals surface area contributed by atoms with E-state index in [0.29, 0.717) is 5.69 Å². The number of nitrogens with zero attached hydrogens (tertiary/aromatic N) is 1. The number of aromatic nitrogens is 2. The van der Waals surface area contributed by atoms with E-state index in [1.54, 1.807) is 0 Å². The average molecular weight is 214 g/mol. The van der Waals surface area contributed by atoms with Crippen LogP contribution in [-0.4, -0.2) is 24.6 Å². The van der Waals surface area contributed by atoms with E-state index in [4.69, 9.17) is 0 Å². The summed E-state index contributed by atoms with van der Waals surface area (Å²) >= 11 is 0. The van der Waals surface area contributed by atoms with Gasteiger partial charge in [-0.25, -0.2) is 13.4 Å². The fourth-order valence-corrected chi connectivity index (χ4v) is 1.77. The zero-order valence-corrected chi connectivity index (χ0v) is 8.47. The number of nitrogens with one attached hydrogen (secondary N) is 1. The third-order valence-electron chi connectivity index (χ3n) is 2.09. The molecule has 1 aromatic heterocycles. The van der Waals surface area contributed by atoms with Gasteiger partial charge in [-0.05, 0) is 12.8 Å². The highest BCUT2D eigenvalue weighted by atomic mass is 32.2. The van der Waals surface area contributed by atoms with Gasteiger partial charge < -0.3 is 0 Å². The van der Waals surface area contributed by atoms with Crippen LogP contribution in [0.25, 0.3) is 0 Å². The second-order valence-electron chi connectivity index (χ2n) is 3.52. The topological polar surface area (TPSA) is 79.9 Å². The van der Waals surface area contributed by atoms with Crippen molar-refractivity contribution in [1.29, 1.82) is 0 Å². The summed E-state index contributed by atoms with van der Waals surface area (Å²) in [5.74, 6) is 0.276. The number of H-pyrrole nitrogens is 1. The number of hydrogen-bond acceptors (Lipinski definition) is 4. The molecule has 1 aromatic rings. The molecular formula is C8H10N2O3S. The van der Waals surface area contributed by atoms with Crippen molar-refractivity contribution < 1.29 is 8.42 Å². The van der Waals surface area contributed by atoms with Crippen LogP contribution in [-0.2, 0) is 9.84 Å². The van der Waals surface area contributed by atoms with Crippen LogP contribution < -0.4 is 5.56 Å². The van der Waals surface area contributed by atoms with Crippen LogP contribution in [0.1, 0.15) is 24.5 Å². The van der Waals surface area contributed by atoms with Gasteiger partial charge in [0.15, 0.2) is 0 Å². The summed E-state index contributed by atoms with van der Waals surface area (Å²) in [5, 5.41) is -0.230. The van der Waals surface area contributed by atoms with E-state index >= 15 is 0 Å². The van der Waals surface area contributed by atoms with Crippen molar-refractivity contribution in [3.63, 3.8) is 0 Å². The normalized spacial score (nSPS) is 16.9. The molecular weight excluding hydrogens is 204 g/mol. The molecule has 2 rings (SSSR count). The van der Waals surface area contributed by atoms with Gasteiger partial charge in [-0.2, -0.15) is 0 Å². The minimum atomic E-state index is -3.42. The summed E-state index contributed by atoms with van der Waals surface area (Å²) < 4.78 is 22.3. The lowest BCUT2D eigenvalue weighted by Gasteiger charge is -2.00. The summed E-state index contributed by atoms with van der Waals surface area (Å²) in [7, 11) is -3.42. The van der Waals surface area contributed by atoms with Gasteiger partial charge in [-0.1, -0.05) is 0 Å². The van der Waals surface area contributed by atoms with Crippen molar-refractivity contribution in [3.8, 4) is 0 Å². The summed E-state index contributed by atoms with van der Waals surface area (Å²) in [6.07, 6.45) is 3.00. The Labute approximate surface area is 81.1 Å². The minimum Gasteiger partial charge on any atom is -0.297 e. The molecule has 1 fully saturated rings. The molecule has 6 heteroatoms. The van der Waals surface area contributed by atoms with Crippen molar-refractivity contribution in [1.82, 2.24) is 9.97 Å². The molecule has 14 heavy (non-hydrogen) atoms. The van der Waals surface area contributed by atoms with Crippen LogP contribution in [0, 0.1) is 0 Å². The Bertz CT molecular complexity index is 514. The largest absolute Gasteiger partial charge is 0.297 e. The zero-order chi connectivity index (χ0) is 10.3. The summed E-state index contributed by atoms with van der Waals surface area (Å²) in [6, 6.07) is 1.37. The van der Waals surface area contributed by atoms with Gasteiger partial charge in [-0.15, -0.1) is 0 Å². The highest BCUT2D eigenvalue weighted by Gasteiger charge is 2.26. The molecule has 5 nitrogen and oxygen atoms in total. The highest BCUT2D eigenvalue weighted by Crippen LogP contribution is 2.38. The lowest BCUT2D eigenvalue weighted by atomic mass is 10.3. The van der Waals surface area contributed by atoms with Gasteiger partial charge in [-0.3, -0.25) is 9.78 Å². The molecule has 76 valence electrons. The quantitative estimate of drug-likeness (QED) is 0.705. The third kappa shape index (κ3) is 1.84. The van der Waals surface area contributed by atoms with E-state index in [-0.39, 0.29) is 11.1 Å². The molecule has 0 bridgehead atoms. The van der Waals surface area contributed by atoms with E-state index in [2.05, 4.69) is 9.97 Å². The van der Waals surface area contributed by atoms with Gasteiger partial charge >= 0.3 is 0 Å². The second kappa shape index (κ2) is 2.91. The van der Waals surface area contributed by atoms with Crippen molar-refractivity contribution >= 4 is 9.84 Å². The van der Waals surface area contributed by atoms with Gasteiger partial charge in [0.2, 0.25) is 15.0 Å². The van der Waals surface area contributed by atoms with Crippen LogP contribution in [0.5, 0.6) is 0 Å². The maximum Gasteiger partial charge on any atom is 0.251 e. The Balaban J connectivity index is 2.57. The molecule has 1 aliphatic rings. The molecule has 0 aliphatic heterocycles. The molecule has 1 N–H and O–H groups in total. The van der Waals surface area contributed by atoms with E-state index in [1.807, 2.05) is 0 Å². The van der Waals surface area contributed by atoms with Crippen molar-refractivity contribution in [2.75, 3.05) is 6.26 Å². The van der Waals surface area contributed by atoms with E-state index in [1.165, 1.54) is 6.07 Å². The molecule has 0 aromatic carbocycles. The van der Waals surface area contributed by atoms with Gasteiger partial charge in [0, 0.05) is 18.2 Å². The van der Waals surface area contributed by atoms with Crippen molar-refractivity contribution in [2.24, 2.45) is 0 Å². The van der Waals surface area contributed by atoms with Crippen molar-refractivity contribution in [2.45, 2.75) is 23.9 Å². The van der Waals surface area contributed by atoms with Crippen LogP contribution >= 0.6 is 0 Å². The molecule has 0 amide bonds. The number of sulfone groups is 1. The predicted octanol–water partition coefficient (Wildman–Crippen LogP) is 0.0508. The summed E-state index contributed by atoms with van der Waals surface area (Å²) in [4.78, 5) is 17.3. The van der Waals surface area contributed by atoms with Gasteiger partial charge in [0.05, 0.1) is 5.69 Å². The summed E-state index contributed by atoms with van der Waals surface area (Å²) in [5.41, 5.74) is 0.191. The molecule has 0 saturated heterocycles. The first-order valence-electron chi connectivity index (χ1n) is 4.28. The lowest BCUT2D eigenvalue weighted by molar-refractivity contribution is 0.591. The first-order valence-corrected chi connectivity index (χ1v) is 6.17. The van der Waals surface area contributed by atoms with Gasteiger partial charge in [0.1, 0.15) is 0 Å². The van der Waals surface area contributed by atoms with Crippen LogP contribution in [0.2, 0.25) is 0 Å². The Morgan fingerprint density at radius 1 is 1.50 bits per heavy atom. The van der Waals surface area contributed by atoms with E-state index < -0.39 is 15.4 Å². The maximum atomic E-state index is 11.1. The lowest BCUT2D eigenvalue weighted by Crippen LogP contribution is -2.15. The standard InChI is InChI=1S/C8H10N2O3S/c1-14(12,13)8-9-6(5-2-3-5)4-7(11)10-8/h4-5H,2-3H2,1H3,(H,9,10,11). The Morgan fingerprint density at radius 2 is 2.14 bits per heavy atom. The first kappa shape index (κ1) is 9.39. The van der Waals surface area contributed by atoms with E-state index in [9.17, 15) is 13.2 Å². The molecule has 1 heterocycles. The van der Waals surface area contributed by atoms with Crippen LogP contribution in [0.15, 0.2) is 16.0 Å². The Hall–Kier alpha value is -1.17. The Kier molecular flexibility index (Phi) is 1.95. The average Bonchev–Trinajstić information content (AvgIpc) is 2.83. The SMILES string of the molecule is CS(=O)(=O)c1nc(C2CC2)cc(=O)[nH]1. The zero-order valence-electron chi connectivity index (χ0n) is 7.65. The highest BCUT2D eigenvalue weighted by molar-refractivity contribution is 7.90. The molecule has 1 saturated carbocycles. The number of aromatic amines is 1. The molecule has 0 atom stereocenters. The fraction of sp³-hybridized carbons (Fsp3) is 0.500. The first-order chi connectivity index (χ1) is 6.47. The fourth-order valence-electron chi connectivity index (χ4n) is 1.22. The summed E-state index contributed by atoms with van der Waals surface area (Å²) in [6.45, 7) is 0. The monoisotopic (exact) mass is 214 g/mol. The third-order valence-corrected chi connectivity index (χ3v) is 2.98. The van der Waals surface area contributed by atoms with Crippen LogP contribution in [0.3, 0.4) is 0 Å². The molecule has 1 aliphatic carbocycles.